The van der Waals surface area contributed by atoms with Crippen molar-refractivity contribution in [1.29, 1.82) is 0 Å². The summed E-state index contributed by atoms with van der Waals surface area (Å²) in [7, 11) is 0. The molecule has 5 rings (SSSR count). The number of fused-ring (bicyclic) bond motifs is 2. The van der Waals surface area contributed by atoms with Crippen LogP contribution in [0.4, 0.5) is 5.69 Å². The highest BCUT2D eigenvalue weighted by Crippen LogP contribution is 2.35. The van der Waals surface area contributed by atoms with Gasteiger partial charge in [0, 0.05) is 43.3 Å². The summed E-state index contributed by atoms with van der Waals surface area (Å²) < 4.78 is 0. The predicted molar refractivity (Wildman–Crippen MR) is 116 cm³/mol. The third-order valence-electron chi connectivity index (χ3n) is 6.74. The van der Waals surface area contributed by atoms with Gasteiger partial charge in [-0.15, -0.1) is 0 Å². The van der Waals surface area contributed by atoms with Crippen molar-refractivity contribution >= 4 is 23.4 Å². The second-order valence-electron chi connectivity index (χ2n) is 8.54. The molecule has 3 N–H and O–H groups in total. The summed E-state index contributed by atoms with van der Waals surface area (Å²) in [4.78, 5) is 41.2. The molecule has 7 heteroatoms. The standard InChI is InChI=1S/C24H26N4O3/c25-12-18-9-8-15-4-1-2-7-19(15)27(18)13-16-5-3-6-17-14-28(24(31)22(16)17)20-10-11-21(29)26-23(20)30/h1-7,18,20H,8-14,25H2,(H,26,29,30). The Morgan fingerprint density at radius 2 is 1.77 bits per heavy atom. The Bertz CT molecular complexity index is 1070. The number of nitrogens with one attached hydrogen (secondary N) is 1. The van der Waals surface area contributed by atoms with E-state index in [-0.39, 0.29) is 30.2 Å². The monoisotopic (exact) mass is 418 g/mol. The van der Waals surface area contributed by atoms with E-state index in [1.54, 1.807) is 4.90 Å². The summed E-state index contributed by atoms with van der Waals surface area (Å²) in [5.41, 5.74) is 11.1. The molecule has 0 aliphatic carbocycles. The normalized spacial score (nSPS) is 22.9. The van der Waals surface area contributed by atoms with Crippen molar-refractivity contribution in [3.8, 4) is 0 Å². The van der Waals surface area contributed by atoms with E-state index in [0.29, 0.717) is 31.6 Å². The van der Waals surface area contributed by atoms with E-state index in [2.05, 4.69) is 28.4 Å². The second kappa shape index (κ2) is 7.81. The molecular formula is C24H26N4O3. The Balaban J connectivity index is 1.45. The minimum Gasteiger partial charge on any atom is -0.363 e. The van der Waals surface area contributed by atoms with E-state index >= 15 is 0 Å². The fourth-order valence-electron chi connectivity index (χ4n) is 5.14. The third-order valence-corrected chi connectivity index (χ3v) is 6.74. The summed E-state index contributed by atoms with van der Waals surface area (Å²) in [6.07, 6.45) is 2.61. The van der Waals surface area contributed by atoms with Crippen LogP contribution in [0.3, 0.4) is 0 Å². The molecule has 2 unspecified atom stereocenters. The smallest absolute Gasteiger partial charge is 0.255 e. The second-order valence-corrected chi connectivity index (χ2v) is 8.54. The van der Waals surface area contributed by atoms with E-state index in [9.17, 15) is 14.4 Å². The van der Waals surface area contributed by atoms with Gasteiger partial charge in [-0.1, -0.05) is 36.4 Å². The maximum absolute atomic E-state index is 13.4. The first-order valence-corrected chi connectivity index (χ1v) is 10.9. The zero-order valence-corrected chi connectivity index (χ0v) is 17.3. The molecule has 3 amide bonds. The van der Waals surface area contributed by atoms with Gasteiger partial charge in [0.25, 0.3) is 5.91 Å². The zero-order valence-electron chi connectivity index (χ0n) is 17.3. The Morgan fingerprint density at radius 1 is 0.968 bits per heavy atom. The van der Waals surface area contributed by atoms with Gasteiger partial charge in [-0.05, 0) is 42.0 Å². The molecule has 3 aliphatic rings. The van der Waals surface area contributed by atoms with Crippen LogP contribution in [0.15, 0.2) is 42.5 Å². The van der Waals surface area contributed by atoms with Gasteiger partial charge >= 0.3 is 0 Å². The molecule has 160 valence electrons. The minimum absolute atomic E-state index is 0.130. The molecule has 3 aliphatic heterocycles. The number of benzene rings is 2. The van der Waals surface area contributed by atoms with E-state index in [4.69, 9.17) is 5.73 Å². The summed E-state index contributed by atoms with van der Waals surface area (Å²) >= 11 is 0. The van der Waals surface area contributed by atoms with E-state index in [0.717, 1.165) is 24.0 Å². The van der Waals surface area contributed by atoms with Crippen LogP contribution in [0.1, 0.15) is 46.3 Å². The number of aryl methyl sites for hydroxylation is 1. The van der Waals surface area contributed by atoms with Gasteiger partial charge in [0.2, 0.25) is 11.8 Å². The lowest BCUT2D eigenvalue weighted by Crippen LogP contribution is -2.52. The molecule has 0 bridgehead atoms. The maximum Gasteiger partial charge on any atom is 0.255 e. The number of nitrogens with two attached hydrogens (primary N) is 1. The van der Waals surface area contributed by atoms with Crippen LogP contribution in [0.2, 0.25) is 0 Å². The number of carbonyl (C=O) groups is 3. The Morgan fingerprint density at radius 3 is 2.58 bits per heavy atom. The molecule has 7 nitrogen and oxygen atoms in total. The van der Waals surface area contributed by atoms with E-state index in [1.807, 2.05) is 24.3 Å². The van der Waals surface area contributed by atoms with Crippen molar-refractivity contribution in [2.24, 2.45) is 5.73 Å². The number of anilines is 1. The molecular weight excluding hydrogens is 392 g/mol. The minimum atomic E-state index is -0.599. The summed E-state index contributed by atoms with van der Waals surface area (Å²) in [6.45, 7) is 1.54. The topological polar surface area (TPSA) is 95.7 Å². The number of carbonyl (C=O) groups excluding carboxylic acids is 3. The van der Waals surface area contributed by atoms with Crippen LogP contribution in [0, 0.1) is 0 Å². The molecule has 31 heavy (non-hydrogen) atoms. The van der Waals surface area contributed by atoms with Crippen LogP contribution in [0.25, 0.3) is 0 Å². The van der Waals surface area contributed by atoms with Gasteiger partial charge in [-0.2, -0.15) is 0 Å². The Kier molecular flexibility index (Phi) is 4.98. The summed E-state index contributed by atoms with van der Waals surface area (Å²) in [5.74, 6) is -0.788. The van der Waals surface area contributed by atoms with Crippen LogP contribution >= 0.6 is 0 Å². The molecule has 3 heterocycles. The molecule has 0 aromatic heterocycles. The average Bonchev–Trinajstić information content (AvgIpc) is 3.11. The van der Waals surface area contributed by atoms with Crippen molar-refractivity contribution in [2.75, 3.05) is 11.4 Å². The van der Waals surface area contributed by atoms with Crippen molar-refractivity contribution in [1.82, 2.24) is 10.2 Å². The van der Waals surface area contributed by atoms with Crippen LogP contribution in [-0.4, -0.2) is 41.2 Å². The molecule has 2 atom stereocenters. The number of piperidine rings is 1. The lowest BCUT2D eigenvalue weighted by molar-refractivity contribution is -0.136. The molecule has 0 radical (unpaired) electrons. The first kappa shape index (κ1) is 19.8. The van der Waals surface area contributed by atoms with Gasteiger partial charge in [-0.25, -0.2) is 0 Å². The molecule has 2 aromatic rings. The molecule has 0 spiro atoms. The number of nitrogens with zero attached hydrogens (tertiary/aromatic N) is 2. The zero-order chi connectivity index (χ0) is 21.5. The number of hydrogen-bond acceptors (Lipinski definition) is 5. The maximum atomic E-state index is 13.4. The summed E-state index contributed by atoms with van der Waals surface area (Å²) in [6, 6.07) is 13.9. The van der Waals surface area contributed by atoms with Gasteiger partial charge < -0.3 is 15.5 Å². The number of para-hydroxylation sites is 1. The summed E-state index contributed by atoms with van der Waals surface area (Å²) in [5, 5.41) is 2.36. The van der Waals surface area contributed by atoms with Gasteiger partial charge in [0.05, 0.1) is 0 Å². The van der Waals surface area contributed by atoms with Crippen LogP contribution in [0.5, 0.6) is 0 Å². The third kappa shape index (κ3) is 3.39. The number of amides is 3. The van der Waals surface area contributed by atoms with E-state index in [1.165, 1.54) is 11.3 Å². The molecule has 2 aromatic carbocycles. The van der Waals surface area contributed by atoms with Crippen molar-refractivity contribution in [2.45, 2.75) is 50.9 Å². The Labute approximate surface area is 181 Å². The quantitative estimate of drug-likeness (QED) is 0.738. The highest BCUT2D eigenvalue weighted by atomic mass is 16.2. The van der Waals surface area contributed by atoms with Crippen molar-refractivity contribution < 1.29 is 14.4 Å². The molecule has 1 saturated heterocycles. The molecule has 0 saturated carbocycles. The van der Waals surface area contributed by atoms with Crippen molar-refractivity contribution in [3.05, 3.63) is 64.7 Å². The van der Waals surface area contributed by atoms with Crippen LogP contribution in [-0.2, 0) is 29.1 Å². The first-order chi connectivity index (χ1) is 15.1. The Hall–Kier alpha value is -3.19. The fraction of sp³-hybridized carbons (Fsp3) is 0.375. The largest absolute Gasteiger partial charge is 0.363 e. The number of imide groups is 1. The molecule has 1 fully saturated rings. The lowest BCUT2D eigenvalue weighted by Gasteiger charge is -2.39. The van der Waals surface area contributed by atoms with E-state index < -0.39 is 6.04 Å². The van der Waals surface area contributed by atoms with Gasteiger partial charge in [0.15, 0.2) is 0 Å². The lowest BCUT2D eigenvalue weighted by atomic mass is 9.94. The SMILES string of the molecule is NCC1CCc2ccccc2N1Cc1cccc2c1C(=O)N(C1CCC(=O)NC1=O)C2. The predicted octanol–water partition coefficient (Wildman–Crippen LogP) is 1.73. The highest BCUT2D eigenvalue weighted by molar-refractivity contribution is 6.06. The number of hydrogen-bond donors (Lipinski definition) is 2. The highest BCUT2D eigenvalue weighted by Gasteiger charge is 2.40. The van der Waals surface area contributed by atoms with Gasteiger partial charge in [-0.3, -0.25) is 19.7 Å². The van der Waals surface area contributed by atoms with Crippen molar-refractivity contribution in [3.63, 3.8) is 0 Å². The van der Waals surface area contributed by atoms with Crippen LogP contribution < -0.4 is 16.0 Å². The number of rotatable bonds is 4. The van der Waals surface area contributed by atoms with Gasteiger partial charge in [0.1, 0.15) is 6.04 Å². The fourth-order valence-corrected chi connectivity index (χ4v) is 5.14. The average molecular weight is 418 g/mol. The first-order valence-electron chi connectivity index (χ1n) is 10.9.